The van der Waals surface area contributed by atoms with E-state index in [-0.39, 0.29) is 5.78 Å². The Hall–Kier alpha value is -3.56. The van der Waals surface area contributed by atoms with Crippen molar-refractivity contribution in [3.63, 3.8) is 0 Å². The lowest BCUT2D eigenvalue weighted by molar-refractivity contribution is 0.0586. The largest absolute Gasteiger partial charge is 0.465 e. The number of carbonyl (C=O) groups is 4. The van der Waals surface area contributed by atoms with Crippen LogP contribution in [0.2, 0.25) is 0 Å². The maximum Gasteiger partial charge on any atom is 0.337 e. The molecule has 0 aliphatic rings. The molecule has 0 heterocycles. The maximum atomic E-state index is 11.0. The lowest BCUT2D eigenvalue weighted by Gasteiger charge is -2.00. The van der Waals surface area contributed by atoms with Crippen molar-refractivity contribution in [3.05, 3.63) is 70.8 Å². The summed E-state index contributed by atoms with van der Waals surface area (Å²) >= 11 is 0. The van der Waals surface area contributed by atoms with Crippen LogP contribution in [0.1, 0.15) is 41.4 Å². The fourth-order valence-electron chi connectivity index (χ4n) is 1.98. The highest BCUT2D eigenvalue weighted by molar-refractivity contribution is 5.98. The van der Waals surface area contributed by atoms with Crippen molar-refractivity contribution in [1.82, 2.24) is 0 Å². The number of carbonyl (C=O) groups excluding carboxylic acids is 4. The molecule has 2 aromatic carbocycles. The lowest BCUT2D eigenvalue weighted by Crippen LogP contribution is -2.06. The van der Waals surface area contributed by atoms with E-state index in [1.807, 2.05) is 0 Å². The van der Waals surface area contributed by atoms with E-state index in [2.05, 4.69) is 14.2 Å². The van der Waals surface area contributed by atoms with Gasteiger partial charge in [0.1, 0.15) is 6.61 Å². The summed E-state index contributed by atoms with van der Waals surface area (Å²) in [6.45, 7) is -0.530. The van der Waals surface area contributed by atoms with Gasteiger partial charge in [-0.2, -0.15) is 0 Å². The SMILES string of the molecule is CO.COC(=O)c1ccc(C(=O)CO)cc1.COC(=O)c1ccc(C(=O)OC)cc1. The van der Waals surface area contributed by atoms with Crippen molar-refractivity contribution >= 4 is 23.7 Å². The second kappa shape index (κ2) is 14.4. The molecule has 0 spiro atoms. The number of benzene rings is 2. The second-order valence-corrected chi connectivity index (χ2v) is 5.21. The van der Waals surface area contributed by atoms with Gasteiger partial charge in [0.05, 0.1) is 38.0 Å². The molecular formula is C21H24O9. The summed E-state index contributed by atoms with van der Waals surface area (Å²) in [5.74, 6) is -1.68. The van der Waals surface area contributed by atoms with Gasteiger partial charge in [-0.15, -0.1) is 0 Å². The molecule has 0 aliphatic heterocycles. The third-order valence-electron chi connectivity index (χ3n) is 3.50. The van der Waals surface area contributed by atoms with Crippen molar-refractivity contribution in [1.29, 1.82) is 0 Å². The van der Waals surface area contributed by atoms with Gasteiger partial charge in [0.2, 0.25) is 0 Å². The number of aliphatic hydroxyl groups is 2. The van der Waals surface area contributed by atoms with Crippen LogP contribution in [0.3, 0.4) is 0 Å². The molecule has 0 bridgehead atoms. The van der Waals surface area contributed by atoms with Crippen LogP contribution >= 0.6 is 0 Å². The van der Waals surface area contributed by atoms with Gasteiger partial charge in [-0.1, -0.05) is 12.1 Å². The lowest BCUT2D eigenvalue weighted by atomic mass is 10.1. The molecule has 2 N–H and O–H groups in total. The standard InChI is InChI=1S/2C10H10O4.CH4O/c1-13-9(11)7-3-5-8(6-4-7)10(12)14-2;1-14-10(13)8-4-2-7(3-5-8)9(12)6-11;1-2/h3-6H,1-2H3;2-5,11H,6H2,1H3;2H,1H3. The Bertz CT molecular complexity index is 683. The zero-order valence-electron chi connectivity index (χ0n) is 17.1. The zero-order chi connectivity index (χ0) is 23.1. The number of ether oxygens (including phenoxy) is 3. The van der Waals surface area contributed by atoms with Crippen LogP contribution in [0.4, 0.5) is 0 Å². The van der Waals surface area contributed by atoms with E-state index in [1.165, 1.54) is 69.9 Å². The second-order valence-electron chi connectivity index (χ2n) is 5.21. The summed E-state index contributed by atoms with van der Waals surface area (Å²) in [7, 11) is 4.89. The number of rotatable bonds is 5. The molecule has 0 saturated heterocycles. The van der Waals surface area contributed by atoms with Gasteiger partial charge in [0, 0.05) is 12.7 Å². The number of hydrogen-bond acceptors (Lipinski definition) is 9. The highest BCUT2D eigenvalue weighted by Crippen LogP contribution is 2.07. The van der Waals surface area contributed by atoms with Gasteiger partial charge in [-0.3, -0.25) is 4.79 Å². The quantitative estimate of drug-likeness (QED) is 0.419. The summed E-state index contributed by atoms with van der Waals surface area (Å²) < 4.78 is 13.5. The first-order valence-corrected chi connectivity index (χ1v) is 8.41. The number of Topliss-reactive ketones (excluding diaryl/α,β-unsaturated/α-hetero) is 1. The molecule has 9 nitrogen and oxygen atoms in total. The van der Waals surface area contributed by atoms with E-state index in [0.717, 1.165) is 7.11 Å². The van der Waals surface area contributed by atoms with Crippen LogP contribution in [0, 0.1) is 0 Å². The fourth-order valence-corrected chi connectivity index (χ4v) is 1.98. The van der Waals surface area contributed by atoms with Gasteiger partial charge in [0.15, 0.2) is 5.78 Å². The molecule has 0 radical (unpaired) electrons. The van der Waals surface area contributed by atoms with Crippen LogP contribution in [0.5, 0.6) is 0 Å². The minimum atomic E-state index is -0.530. The summed E-state index contributed by atoms with van der Waals surface area (Å²) in [5.41, 5.74) is 1.56. The third kappa shape index (κ3) is 8.21. The molecule has 0 aliphatic carbocycles. The van der Waals surface area contributed by atoms with E-state index in [4.69, 9.17) is 10.2 Å². The predicted molar refractivity (Wildman–Crippen MR) is 106 cm³/mol. The summed E-state index contributed by atoms with van der Waals surface area (Å²) in [4.78, 5) is 44.1. The van der Waals surface area contributed by atoms with Crippen molar-refractivity contribution in [3.8, 4) is 0 Å². The zero-order valence-corrected chi connectivity index (χ0v) is 17.1. The van der Waals surface area contributed by atoms with E-state index in [0.29, 0.717) is 22.3 Å². The minimum absolute atomic E-state index is 0.374. The molecule has 0 fully saturated rings. The molecule has 0 saturated carbocycles. The van der Waals surface area contributed by atoms with Gasteiger partial charge in [-0.05, 0) is 36.4 Å². The highest BCUT2D eigenvalue weighted by atomic mass is 16.5. The summed E-state index contributed by atoms with van der Waals surface area (Å²) in [5, 5.41) is 15.6. The highest BCUT2D eigenvalue weighted by Gasteiger charge is 2.08. The molecule has 9 heteroatoms. The molecule has 0 amide bonds. The van der Waals surface area contributed by atoms with Crippen LogP contribution in [-0.4, -0.2) is 69.0 Å². The molecule has 0 atom stereocenters. The Labute approximate surface area is 173 Å². The van der Waals surface area contributed by atoms with E-state index >= 15 is 0 Å². The van der Waals surface area contributed by atoms with Crippen LogP contribution < -0.4 is 0 Å². The number of methoxy groups -OCH3 is 3. The Morgan fingerprint density at radius 2 is 0.833 bits per heavy atom. The Morgan fingerprint density at radius 3 is 1.03 bits per heavy atom. The Kier molecular flexibility index (Phi) is 12.7. The Balaban J connectivity index is 0.000000518. The number of ketones is 1. The van der Waals surface area contributed by atoms with Gasteiger partial charge in [0.25, 0.3) is 0 Å². The van der Waals surface area contributed by atoms with Crippen LogP contribution in [0.15, 0.2) is 48.5 Å². The predicted octanol–water partition coefficient (Wildman–Crippen LogP) is 1.52. The van der Waals surface area contributed by atoms with Gasteiger partial charge < -0.3 is 24.4 Å². The first-order chi connectivity index (χ1) is 14.4. The average molecular weight is 420 g/mol. The monoisotopic (exact) mass is 420 g/mol. The number of hydrogen-bond donors (Lipinski definition) is 2. The fraction of sp³-hybridized carbons (Fsp3) is 0.238. The van der Waals surface area contributed by atoms with Crippen molar-refractivity contribution in [2.24, 2.45) is 0 Å². The molecule has 0 unspecified atom stereocenters. The smallest absolute Gasteiger partial charge is 0.337 e. The molecule has 2 rings (SSSR count). The molecule has 2 aromatic rings. The van der Waals surface area contributed by atoms with Crippen LogP contribution in [0.25, 0.3) is 0 Å². The molecule has 162 valence electrons. The first kappa shape index (κ1) is 26.4. The topological polar surface area (TPSA) is 136 Å². The third-order valence-corrected chi connectivity index (χ3v) is 3.50. The van der Waals surface area contributed by atoms with Crippen molar-refractivity contribution in [2.75, 3.05) is 35.0 Å². The Morgan fingerprint density at radius 1 is 0.600 bits per heavy atom. The number of esters is 3. The van der Waals surface area contributed by atoms with Gasteiger partial charge in [-0.25, -0.2) is 14.4 Å². The van der Waals surface area contributed by atoms with E-state index < -0.39 is 24.5 Å². The van der Waals surface area contributed by atoms with Crippen molar-refractivity contribution < 1.29 is 43.6 Å². The van der Waals surface area contributed by atoms with E-state index in [1.54, 1.807) is 0 Å². The average Bonchev–Trinajstić information content (AvgIpc) is 2.83. The maximum absolute atomic E-state index is 11.0. The van der Waals surface area contributed by atoms with E-state index in [9.17, 15) is 19.2 Å². The van der Waals surface area contributed by atoms with Crippen LogP contribution in [-0.2, 0) is 14.2 Å². The normalized spacial score (nSPS) is 9.00. The molecular weight excluding hydrogens is 396 g/mol. The minimum Gasteiger partial charge on any atom is -0.465 e. The molecule has 0 aromatic heterocycles. The van der Waals surface area contributed by atoms with Gasteiger partial charge >= 0.3 is 17.9 Å². The number of aliphatic hydroxyl groups excluding tert-OH is 2. The summed E-state index contributed by atoms with van der Waals surface area (Å²) in [6.07, 6.45) is 0. The van der Waals surface area contributed by atoms with Crippen molar-refractivity contribution in [2.45, 2.75) is 0 Å². The molecule has 30 heavy (non-hydrogen) atoms. The first-order valence-electron chi connectivity index (χ1n) is 8.41. The summed E-state index contributed by atoms with van der Waals surface area (Å²) in [6, 6.07) is 12.0.